The summed E-state index contributed by atoms with van der Waals surface area (Å²) in [5.41, 5.74) is 9.22. The number of carboxylic acids is 1. The van der Waals surface area contributed by atoms with Gasteiger partial charge in [0.15, 0.2) is 5.78 Å². The second-order valence-corrected chi connectivity index (χ2v) is 8.96. The van der Waals surface area contributed by atoms with Gasteiger partial charge in [0, 0.05) is 11.0 Å². The summed E-state index contributed by atoms with van der Waals surface area (Å²) >= 11 is 0. The smallest absolute Gasteiger partial charge is 0.336 e. The van der Waals surface area contributed by atoms with E-state index >= 15 is 0 Å². The fourth-order valence-electron chi connectivity index (χ4n) is 6.28. The van der Waals surface area contributed by atoms with Crippen LogP contribution in [0.5, 0.6) is 0 Å². The molecule has 2 aromatic carbocycles. The number of hydrogen-bond acceptors (Lipinski definition) is 2. The highest BCUT2D eigenvalue weighted by Gasteiger charge is 2.50. The summed E-state index contributed by atoms with van der Waals surface area (Å²) in [6, 6.07) is 6.64. The van der Waals surface area contributed by atoms with Crippen LogP contribution < -0.4 is 0 Å². The number of Topliss-reactive ketones (excluding diaryl/α,β-unsaturated/α-hetero) is 1. The lowest BCUT2D eigenvalue weighted by molar-refractivity contribution is 0.0692. The number of hydrogen-bond donors (Lipinski definition) is 1. The number of rotatable bonds is 1. The van der Waals surface area contributed by atoms with Crippen LogP contribution in [0.2, 0.25) is 0 Å². The van der Waals surface area contributed by atoms with E-state index < -0.39 is 11.4 Å². The van der Waals surface area contributed by atoms with Gasteiger partial charge in [-0.15, -0.1) is 0 Å². The van der Waals surface area contributed by atoms with Gasteiger partial charge in [0.05, 0.1) is 5.56 Å². The number of aromatic carboxylic acids is 1. The summed E-state index contributed by atoms with van der Waals surface area (Å²) in [4.78, 5) is 25.6. The van der Waals surface area contributed by atoms with Crippen molar-refractivity contribution in [2.45, 2.75) is 57.8 Å². The van der Waals surface area contributed by atoms with Crippen LogP contribution in [0.1, 0.15) is 72.5 Å². The average molecular weight is 358 g/mol. The molecule has 27 heavy (non-hydrogen) atoms. The van der Waals surface area contributed by atoms with E-state index in [2.05, 4.69) is 18.2 Å². The molecule has 1 atom stereocenters. The van der Waals surface area contributed by atoms with E-state index in [0.717, 1.165) is 60.8 Å². The predicted octanol–water partition coefficient (Wildman–Crippen LogP) is 3.89. The second-order valence-electron chi connectivity index (χ2n) is 8.96. The van der Waals surface area contributed by atoms with Gasteiger partial charge in [-0.05, 0) is 103 Å². The van der Waals surface area contributed by atoms with Gasteiger partial charge in [0.1, 0.15) is 0 Å². The van der Waals surface area contributed by atoms with Crippen molar-refractivity contribution in [3.8, 4) is 0 Å². The van der Waals surface area contributed by atoms with Crippen LogP contribution in [0, 0.1) is 5.41 Å². The molecule has 0 saturated heterocycles. The maximum Gasteiger partial charge on any atom is 0.336 e. The molecule has 0 unspecified atom stereocenters. The summed E-state index contributed by atoms with van der Waals surface area (Å²) in [5, 5.41) is 9.91. The Balaban J connectivity index is 1.46. The molecule has 1 spiro atoms. The SMILES string of the molecule is O=C(O)c1c2c(cc3c1C[C@]1(Cc4cc5c(cc4C1=O)CCC5)C3)CCC2. The molecule has 3 nitrogen and oxygen atoms in total. The van der Waals surface area contributed by atoms with Crippen LogP contribution in [0.4, 0.5) is 0 Å². The van der Waals surface area contributed by atoms with Crippen molar-refractivity contribution < 1.29 is 14.7 Å². The Labute approximate surface area is 158 Å². The topological polar surface area (TPSA) is 54.4 Å². The molecule has 6 rings (SSSR count). The molecule has 3 heteroatoms. The van der Waals surface area contributed by atoms with Gasteiger partial charge in [-0.1, -0.05) is 12.1 Å². The number of carbonyl (C=O) groups excluding carboxylic acids is 1. The molecule has 0 saturated carbocycles. The standard InChI is InChI=1S/C24H22O3/c25-22-19-9-14-4-1-3-13(14)7-16(19)10-24(22)11-17-8-15-5-2-6-18(15)21(23(26)27)20(17)12-24/h7-9H,1-6,10-12H2,(H,26,27)/t24-/m0/s1. The Morgan fingerprint density at radius 3 is 2.26 bits per heavy atom. The maximum atomic E-state index is 13.5. The minimum Gasteiger partial charge on any atom is -0.478 e. The fourth-order valence-corrected chi connectivity index (χ4v) is 6.28. The van der Waals surface area contributed by atoms with Crippen molar-refractivity contribution >= 4 is 11.8 Å². The highest BCUT2D eigenvalue weighted by atomic mass is 16.4. The van der Waals surface area contributed by atoms with Crippen molar-refractivity contribution in [1.29, 1.82) is 0 Å². The average Bonchev–Trinajstić information content (AvgIpc) is 3.38. The number of ketones is 1. The number of carboxylic acid groups (broad SMARTS) is 1. The first-order valence-corrected chi connectivity index (χ1v) is 10.1. The van der Waals surface area contributed by atoms with Crippen LogP contribution >= 0.6 is 0 Å². The summed E-state index contributed by atoms with van der Waals surface area (Å²) < 4.78 is 0. The number of carbonyl (C=O) groups is 2. The second kappa shape index (κ2) is 5.09. The van der Waals surface area contributed by atoms with Crippen molar-refractivity contribution in [1.82, 2.24) is 0 Å². The largest absolute Gasteiger partial charge is 0.478 e. The molecule has 1 N–H and O–H groups in total. The van der Waals surface area contributed by atoms with Crippen molar-refractivity contribution in [2.24, 2.45) is 5.41 Å². The minimum absolute atomic E-state index is 0.250. The van der Waals surface area contributed by atoms with Gasteiger partial charge in [0.2, 0.25) is 0 Å². The summed E-state index contributed by atoms with van der Waals surface area (Å²) in [6.45, 7) is 0. The number of fused-ring (bicyclic) bond motifs is 4. The molecule has 136 valence electrons. The molecule has 0 bridgehead atoms. The van der Waals surface area contributed by atoms with E-state index in [1.165, 1.54) is 28.7 Å². The maximum absolute atomic E-state index is 13.5. The highest BCUT2D eigenvalue weighted by molar-refractivity contribution is 6.06. The van der Waals surface area contributed by atoms with E-state index in [-0.39, 0.29) is 5.78 Å². The third kappa shape index (κ3) is 1.97. The molecular weight excluding hydrogens is 336 g/mol. The molecule has 0 amide bonds. The van der Waals surface area contributed by atoms with Gasteiger partial charge in [-0.2, -0.15) is 0 Å². The third-order valence-corrected chi connectivity index (χ3v) is 7.43. The molecule has 2 aromatic rings. The van der Waals surface area contributed by atoms with Crippen LogP contribution in [-0.2, 0) is 44.9 Å². The van der Waals surface area contributed by atoms with Crippen molar-refractivity contribution in [2.75, 3.05) is 0 Å². The monoisotopic (exact) mass is 358 g/mol. The zero-order valence-corrected chi connectivity index (χ0v) is 15.4. The van der Waals surface area contributed by atoms with Gasteiger partial charge in [0.25, 0.3) is 0 Å². The normalized spacial score (nSPS) is 24.2. The molecule has 4 aliphatic carbocycles. The Morgan fingerprint density at radius 1 is 0.778 bits per heavy atom. The van der Waals surface area contributed by atoms with Gasteiger partial charge in [-0.3, -0.25) is 4.79 Å². The molecule has 0 aromatic heterocycles. The zero-order chi connectivity index (χ0) is 18.3. The van der Waals surface area contributed by atoms with Crippen molar-refractivity contribution in [3.63, 3.8) is 0 Å². The predicted molar refractivity (Wildman–Crippen MR) is 102 cm³/mol. The van der Waals surface area contributed by atoms with Crippen LogP contribution in [-0.4, -0.2) is 16.9 Å². The van der Waals surface area contributed by atoms with Gasteiger partial charge >= 0.3 is 5.97 Å². The van der Waals surface area contributed by atoms with Crippen molar-refractivity contribution in [3.05, 3.63) is 68.3 Å². The lowest BCUT2D eigenvalue weighted by Crippen LogP contribution is -2.28. The minimum atomic E-state index is -0.816. The zero-order valence-electron chi connectivity index (χ0n) is 15.4. The Hall–Kier alpha value is -2.42. The third-order valence-electron chi connectivity index (χ3n) is 7.43. The fraction of sp³-hybridized carbons (Fsp3) is 0.417. The first kappa shape index (κ1) is 15.6. The van der Waals surface area contributed by atoms with E-state index in [4.69, 9.17) is 0 Å². The van der Waals surface area contributed by atoms with Crippen LogP contribution in [0.3, 0.4) is 0 Å². The van der Waals surface area contributed by atoms with Crippen LogP contribution in [0.15, 0.2) is 18.2 Å². The van der Waals surface area contributed by atoms with Gasteiger partial charge in [-0.25, -0.2) is 4.79 Å². The number of aryl methyl sites for hydroxylation is 3. The molecule has 4 aliphatic rings. The molecule has 0 radical (unpaired) electrons. The van der Waals surface area contributed by atoms with E-state index in [0.29, 0.717) is 18.4 Å². The number of benzene rings is 2. The molecule has 0 heterocycles. The molecule has 0 aliphatic heterocycles. The summed E-state index contributed by atoms with van der Waals surface area (Å²) in [6.07, 6.45) is 8.33. The summed E-state index contributed by atoms with van der Waals surface area (Å²) in [7, 11) is 0. The molecule has 0 fully saturated rings. The van der Waals surface area contributed by atoms with E-state index in [1.807, 2.05) is 0 Å². The molecular formula is C24H22O3. The Kier molecular flexibility index (Phi) is 2.95. The lowest BCUT2D eigenvalue weighted by Gasteiger charge is -2.20. The van der Waals surface area contributed by atoms with E-state index in [9.17, 15) is 14.7 Å². The first-order chi connectivity index (χ1) is 13.1. The van der Waals surface area contributed by atoms with Gasteiger partial charge < -0.3 is 5.11 Å². The van der Waals surface area contributed by atoms with Crippen LogP contribution in [0.25, 0.3) is 0 Å². The lowest BCUT2D eigenvalue weighted by atomic mass is 9.80. The van der Waals surface area contributed by atoms with E-state index in [1.54, 1.807) is 0 Å². The highest BCUT2D eigenvalue weighted by Crippen LogP contribution is 2.50. The Bertz CT molecular complexity index is 1060. The quantitative estimate of drug-likeness (QED) is 0.841. The first-order valence-electron chi connectivity index (χ1n) is 10.1. The summed E-state index contributed by atoms with van der Waals surface area (Å²) in [5.74, 6) is -0.566. The Morgan fingerprint density at radius 2 is 1.44 bits per heavy atom.